The van der Waals surface area contributed by atoms with Crippen LogP contribution in [0.25, 0.3) is 0 Å². The van der Waals surface area contributed by atoms with Crippen molar-refractivity contribution >= 4 is 11.6 Å². The predicted octanol–water partition coefficient (Wildman–Crippen LogP) is 3.48. The topological polar surface area (TPSA) is 41.5 Å². The highest BCUT2D eigenvalue weighted by molar-refractivity contribution is 6.32. The maximum Gasteiger partial charge on any atom is 0.138 e. The van der Waals surface area contributed by atoms with Gasteiger partial charge in [-0.05, 0) is 17.2 Å². The van der Waals surface area contributed by atoms with E-state index >= 15 is 0 Å². The van der Waals surface area contributed by atoms with E-state index in [9.17, 15) is 5.11 Å². The average molecular weight is 292 g/mol. The number of nitrogens with one attached hydrogen (secondary N) is 1. The molecule has 0 amide bonds. The Hall–Kier alpha value is -1.55. The molecule has 0 aromatic heterocycles. The summed E-state index contributed by atoms with van der Waals surface area (Å²) in [5.41, 5.74) is 3.13. The van der Waals surface area contributed by atoms with Gasteiger partial charge in [-0.3, -0.25) is 0 Å². The second-order valence-corrected chi connectivity index (χ2v) is 5.01. The van der Waals surface area contributed by atoms with Gasteiger partial charge in [0.25, 0.3) is 0 Å². The number of halogens is 1. The number of hydrogen-bond donors (Lipinski definition) is 2. The molecule has 0 aliphatic heterocycles. The molecule has 0 heterocycles. The van der Waals surface area contributed by atoms with Gasteiger partial charge in [0.15, 0.2) is 0 Å². The predicted molar refractivity (Wildman–Crippen MR) is 80.8 cm³/mol. The molecule has 2 N–H and O–H groups in total. The zero-order valence-corrected chi connectivity index (χ0v) is 12.2. The Labute approximate surface area is 124 Å². The zero-order valence-electron chi connectivity index (χ0n) is 11.4. The quantitative estimate of drug-likeness (QED) is 0.856. The fraction of sp³-hybridized carbons (Fsp3) is 0.250. The van der Waals surface area contributed by atoms with Crippen LogP contribution in [0.15, 0.2) is 42.5 Å². The van der Waals surface area contributed by atoms with Crippen LogP contribution in [0.2, 0.25) is 5.02 Å². The Morgan fingerprint density at radius 3 is 2.65 bits per heavy atom. The first kappa shape index (κ1) is 14.9. The fourth-order valence-corrected chi connectivity index (χ4v) is 2.23. The molecule has 0 bridgehead atoms. The number of phenols is 1. The summed E-state index contributed by atoms with van der Waals surface area (Å²) in [6.45, 7) is 1.91. The van der Waals surface area contributed by atoms with Crippen LogP contribution >= 0.6 is 11.6 Å². The largest absolute Gasteiger partial charge is 0.506 e. The molecule has 0 saturated carbocycles. The molecule has 0 atom stereocenters. The van der Waals surface area contributed by atoms with Gasteiger partial charge in [-0.25, -0.2) is 0 Å². The molecule has 2 aromatic carbocycles. The van der Waals surface area contributed by atoms with Crippen LogP contribution in [0.3, 0.4) is 0 Å². The van der Waals surface area contributed by atoms with Gasteiger partial charge in [0.05, 0.1) is 11.6 Å². The van der Waals surface area contributed by atoms with Crippen LogP contribution in [-0.2, 0) is 24.4 Å². The van der Waals surface area contributed by atoms with Crippen LogP contribution in [0.4, 0.5) is 0 Å². The van der Waals surface area contributed by atoms with E-state index < -0.39 is 0 Å². The lowest BCUT2D eigenvalue weighted by Crippen LogP contribution is -2.13. The molecule has 0 aliphatic carbocycles. The van der Waals surface area contributed by atoms with E-state index in [-0.39, 0.29) is 5.75 Å². The molecule has 4 heteroatoms. The minimum atomic E-state index is 0.148. The van der Waals surface area contributed by atoms with Gasteiger partial charge in [0.2, 0.25) is 0 Å². The third-order valence-electron chi connectivity index (χ3n) is 3.02. The summed E-state index contributed by atoms with van der Waals surface area (Å²) in [6.07, 6.45) is 0. The summed E-state index contributed by atoms with van der Waals surface area (Å²) in [4.78, 5) is 0. The van der Waals surface area contributed by atoms with E-state index in [1.54, 1.807) is 13.2 Å². The van der Waals surface area contributed by atoms with Gasteiger partial charge >= 0.3 is 0 Å². The zero-order chi connectivity index (χ0) is 14.4. The molecule has 0 fully saturated rings. The first-order chi connectivity index (χ1) is 9.70. The number of aromatic hydroxyl groups is 1. The van der Waals surface area contributed by atoms with Gasteiger partial charge in [0, 0.05) is 25.8 Å². The Morgan fingerprint density at radius 1 is 1.10 bits per heavy atom. The number of rotatable bonds is 6. The average Bonchev–Trinajstić information content (AvgIpc) is 2.44. The first-order valence-electron chi connectivity index (χ1n) is 6.44. The highest BCUT2D eigenvalue weighted by Gasteiger charge is 2.04. The standard InChI is InChI=1S/C16H18ClNO2/c1-20-11-13-5-2-4-12(8-13)9-18-10-14-6-3-7-15(17)16(14)19/h2-8,18-19H,9-11H2,1H3. The summed E-state index contributed by atoms with van der Waals surface area (Å²) >= 11 is 5.87. The maximum atomic E-state index is 9.82. The van der Waals surface area contributed by atoms with Crippen LogP contribution < -0.4 is 5.32 Å². The number of para-hydroxylation sites is 1. The van der Waals surface area contributed by atoms with Gasteiger partial charge in [-0.1, -0.05) is 48.0 Å². The smallest absolute Gasteiger partial charge is 0.138 e. The van der Waals surface area contributed by atoms with Gasteiger partial charge in [-0.15, -0.1) is 0 Å². The van der Waals surface area contributed by atoms with Crippen LogP contribution in [0, 0.1) is 0 Å². The Balaban J connectivity index is 1.92. The molecule has 2 aromatic rings. The van der Waals surface area contributed by atoms with E-state index in [4.69, 9.17) is 16.3 Å². The second-order valence-electron chi connectivity index (χ2n) is 4.60. The third-order valence-corrected chi connectivity index (χ3v) is 3.32. The number of benzene rings is 2. The van der Waals surface area contributed by atoms with Gasteiger partial charge in [0.1, 0.15) is 5.75 Å². The molecular formula is C16H18ClNO2. The Kier molecular flexibility index (Phi) is 5.41. The first-order valence-corrected chi connectivity index (χ1v) is 6.82. The summed E-state index contributed by atoms with van der Waals surface area (Å²) in [6, 6.07) is 13.6. The van der Waals surface area contributed by atoms with Crippen molar-refractivity contribution in [2.75, 3.05) is 7.11 Å². The minimum Gasteiger partial charge on any atom is -0.506 e. The molecule has 2 rings (SSSR count). The molecule has 0 aliphatic rings. The van der Waals surface area contributed by atoms with Crippen molar-refractivity contribution < 1.29 is 9.84 Å². The third kappa shape index (κ3) is 3.97. The summed E-state index contributed by atoms with van der Waals surface area (Å²) < 4.78 is 5.12. The van der Waals surface area contributed by atoms with Gasteiger partial charge < -0.3 is 15.2 Å². The normalized spacial score (nSPS) is 10.7. The number of methoxy groups -OCH3 is 1. The van der Waals surface area contributed by atoms with Gasteiger partial charge in [-0.2, -0.15) is 0 Å². The highest BCUT2D eigenvalue weighted by atomic mass is 35.5. The minimum absolute atomic E-state index is 0.148. The molecule has 0 saturated heterocycles. The van der Waals surface area contributed by atoms with Crippen molar-refractivity contribution in [3.05, 3.63) is 64.2 Å². The van der Waals surface area contributed by atoms with Crippen molar-refractivity contribution in [3.8, 4) is 5.75 Å². The number of ether oxygens (including phenoxy) is 1. The summed E-state index contributed by atoms with van der Waals surface area (Å²) in [7, 11) is 1.69. The Bertz CT molecular complexity index is 572. The van der Waals surface area contributed by atoms with E-state index in [1.165, 1.54) is 5.56 Å². The van der Waals surface area contributed by atoms with E-state index in [0.29, 0.717) is 18.2 Å². The van der Waals surface area contributed by atoms with Crippen LogP contribution in [0.1, 0.15) is 16.7 Å². The molecule has 0 unspecified atom stereocenters. The van der Waals surface area contributed by atoms with Crippen molar-refractivity contribution in [1.29, 1.82) is 0 Å². The van der Waals surface area contributed by atoms with E-state index in [1.807, 2.05) is 24.3 Å². The van der Waals surface area contributed by atoms with E-state index in [0.717, 1.165) is 17.7 Å². The fourth-order valence-electron chi connectivity index (χ4n) is 2.04. The monoisotopic (exact) mass is 291 g/mol. The van der Waals surface area contributed by atoms with Crippen molar-refractivity contribution in [1.82, 2.24) is 5.32 Å². The van der Waals surface area contributed by atoms with Crippen LogP contribution in [-0.4, -0.2) is 12.2 Å². The summed E-state index contributed by atoms with van der Waals surface area (Å²) in [5, 5.41) is 13.5. The molecule has 0 spiro atoms. The van der Waals surface area contributed by atoms with Crippen LogP contribution in [0.5, 0.6) is 5.75 Å². The lowest BCUT2D eigenvalue weighted by Gasteiger charge is -2.09. The second kappa shape index (κ2) is 7.29. The van der Waals surface area contributed by atoms with E-state index in [2.05, 4.69) is 17.4 Å². The van der Waals surface area contributed by atoms with Crippen molar-refractivity contribution in [2.24, 2.45) is 0 Å². The van der Waals surface area contributed by atoms with Crippen molar-refractivity contribution in [2.45, 2.75) is 19.7 Å². The number of hydrogen-bond acceptors (Lipinski definition) is 3. The SMILES string of the molecule is COCc1cccc(CNCc2cccc(Cl)c2O)c1. The molecular weight excluding hydrogens is 274 g/mol. The lowest BCUT2D eigenvalue weighted by molar-refractivity contribution is 0.185. The molecule has 0 radical (unpaired) electrons. The van der Waals surface area contributed by atoms with Crippen molar-refractivity contribution in [3.63, 3.8) is 0 Å². The molecule has 106 valence electrons. The molecule has 3 nitrogen and oxygen atoms in total. The molecule has 20 heavy (non-hydrogen) atoms. The lowest BCUT2D eigenvalue weighted by atomic mass is 10.1. The highest BCUT2D eigenvalue weighted by Crippen LogP contribution is 2.26. The number of phenolic OH excluding ortho intramolecular Hbond substituents is 1. The maximum absolute atomic E-state index is 9.82. The summed E-state index contributed by atoms with van der Waals surface area (Å²) in [5.74, 6) is 0.148. The Morgan fingerprint density at radius 2 is 1.85 bits per heavy atom.